The van der Waals surface area contributed by atoms with Crippen molar-refractivity contribution >= 4 is 38.2 Å². The topological polar surface area (TPSA) is 113 Å². The van der Waals surface area contributed by atoms with E-state index in [-0.39, 0.29) is 39.2 Å². The van der Waals surface area contributed by atoms with Crippen molar-refractivity contribution in [3.05, 3.63) is 58.8 Å². The molecule has 1 aromatic carbocycles. The van der Waals surface area contributed by atoms with E-state index in [4.69, 9.17) is 4.74 Å². The number of hydrogen-bond donors (Lipinski definition) is 1. The standard InChI is InChI=1S/C22H18FIN6O3/c1-11-15-7-13(23)4-5-14(15)21(31)29(2)10-16-19(17(8-25)30(3)28-16)12-6-18(33-11)20(26-9-12)27-22(24)32/h4-7,9,11H,10H2,1-3H3,(H,26,27,32)/t11-/m1/s1. The lowest BCUT2D eigenvalue weighted by molar-refractivity contribution is 0.0778. The van der Waals surface area contributed by atoms with Gasteiger partial charge < -0.3 is 9.64 Å². The van der Waals surface area contributed by atoms with Crippen LogP contribution >= 0.6 is 22.6 Å². The first kappa shape index (κ1) is 22.7. The average molecular weight is 560 g/mol. The van der Waals surface area contributed by atoms with Gasteiger partial charge in [-0.05, 0) is 31.2 Å². The number of aryl methyl sites for hydroxylation is 1. The number of rotatable bonds is 1. The maximum atomic E-state index is 14.1. The minimum Gasteiger partial charge on any atom is -0.482 e. The maximum Gasteiger partial charge on any atom is 0.286 e. The zero-order valence-corrected chi connectivity index (χ0v) is 20.0. The van der Waals surface area contributed by atoms with Gasteiger partial charge in [-0.3, -0.25) is 19.6 Å². The Morgan fingerprint density at radius 3 is 2.82 bits per heavy atom. The number of benzene rings is 1. The van der Waals surface area contributed by atoms with Crippen molar-refractivity contribution in [2.75, 3.05) is 12.4 Å². The molecule has 33 heavy (non-hydrogen) atoms. The summed E-state index contributed by atoms with van der Waals surface area (Å²) in [7, 11) is 3.25. The number of aromatic nitrogens is 3. The third-order valence-electron chi connectivity index (χ3n) is 5.30. The van der Waals surface area contributed by atoms with E-state index in [1.54, 1.807) is 49.7 Å². The Bertz CT molecular complexity index is 1330. The second-order valence-corrected chi connectivity index (χ2v) is 8.51. The summed E-state index contributed by atoms with van der Waals surface area (Å²) in [6.07, 6.45) is 0.750. The fourth-order valence-electron chi connectivity index (χ4n) is 3.80. The Morgan fingerprint density at radius 1 is 1.36 bits per heavy atom. The van der Waals surface area contributed by atoms with Crippen molar-refractivity contribution in [3.63, 3.8) is 0 Å². The summed E-state index contributed by atoms with van der Waals surface area (Å²) in [5.41, 5.74) is 2.44. The Hall–Kier alpha value is -3.53. The van der Waals surface area contributed by atoms with Crippen LogP contribution in [0.5, 0.6) is 5.75 Å². The van der Waals surface area contributed by atoms with Gasteiger partial charge in [0.15, 0.2) is 11.6 Å². The predicted octanol–water partition coefficient (Wildman–Crippen LogP) is 4.19. The highest BCUT2D eigenvalue weighted by Gasteiger charge is 2.27. The summed E-state index contributed by atoms with van der Waals surface area (Å²) < 4.78 is 21.3. The molecule has 0 unspecified atom stereocenters. The Morgan fingerprint density at radius 2 is 2.12 bits per heavy atom. The molecular weight excluding hydrogens is 542 g/mol. The highest BCUT2D eigenvalue weighted by molar-refractivity contribution is 14.1. The summed E-state index contributed by atoms with van der Waals surface area (Å²) in [5, 5.41) is 16.8. The monoisotopic (exact) mass is 560 g/mol. The molecule has 0 saturated heterocycles. The van der Waals surface area contributed by atoms with E-state index in [0.717, 1.165) is 0 Å². The van der Waals surface area contributed by atoms with E-state index in [1.165, 1.54) is 34.0 Å². The molecule has 2 aromatic heterocycles. The molecule has 168 valence electrons. The van der Waals surface area contributed by atoms with Crippen LogP contribution in [0.25, 0.3) is 11.1 Å². The maximum absolute atomic E-state index is 14.1. The van der Waals surface area contributed by atoms with Crippen LogP contribution in [-0.4, -0.2) is 36.5 Å². The molecule has 3 heterocycles. The van der Waals surface area contributed by atoms with Crippen LogP contribution in [0.2, 0.25) is 0 Å². The molecule has 4 rings (SSSR count). The number of fused-ring (bicyclic) bond motifs is 5. The lowest BCUT2D eigenvalue weighted by Gasteiger charge is -2.24. The third kappa shape index (κ3) is 4.25. The lowest BCUT2D eigenvalue weighted by Crippen LogP contribution is -2.28. The minimum atomic E-state index is -0.752. The van der Waals surface area contributed by atoms with E-state index in [0.29, 0.717) is 22.4 Å². The first-order valence-electron chi connectivity index (χ1n) is 9.84. The summed E-state index contributed by atoms with van der Waals surface area (Å²) in [6.45, 7) is 1.78. The third-order valence-corrected chi connectivity index (χ3v) is 5.57. The van der Waals surface area contributed by atoms with Gasteiger partial charge in [-0.2, -0.15) is 10.4 Å². The van der Waals surface area contributed by atoms with Gasteiger partial charge in [-0.1, -0.05) is 0 Å². The van der Waals surface area contributed by atoms with Gasteiger partial charge in [-0.25, -0.2) is 9.37 Å². The zero-order valence-electron chi connectivity index (χ0n) is 17.9. The number of nitrogens with one attached hydrogen (secondary N) is 1. The van der Waals surface area contributed by atoms with Gasteiger partial charge in [0.1, 0.15) is 23.7 Å². The molecule has 9 nitrogen and oxygen atoms in total. The molecule has 0 spiro atoms. The van der Waals surface area contributed by atoms with Gasteiger partial charge in [0.25, 0.3) is 9.82 Å². The van der Waals surface area contributed by atoms with Crippen LogP contribution in [0.3, 0.4) is 0 Å². The van der Waals surface area contributed by atoms with E-state index >= 15 is 0 Å². The summed E-state index contributed by atoms with van der Waals surface area (Å²) in [4.78, 5) is 30.8. The molecule has 11 heteroatoms. The van der Waals surface area contributed by atoms with Crippen molar-refractivity contribution in [2.24, 2.45) is 7.05 Å². The molecule has 0 saturated carbocycles. The number of carbonyl (C=O) groups excluding carboxylic acids is 2. The number of nitriles is 1. The Kier molecular flexibility index (Phi) is 6.03. The number of hydrogen-bond acceptors (Lipinski definition) is 6. The number of amides is 2. The van der Waals surface area contributed by atoms with Crippen LogP contribution in [0, 0.1) is 17.1 Å². The van der Waals surface area contributed by atoms with E-state index < -0.39 is 11.9 Å². The molecule has 3 aromatic rings. The Labute approximate surface area is 202 Å². The summed E-state index contributed by atoms with van der Waals surface area (Å²) >= 11 is 1.58. The summed E-state index contributed by atoms with van der Waals surface area (Å²) in [5.74, 6) is -0.489. The number of pyridine rings is 1. The molecule has 1 atom stereocenters. The van der Waals surface area contributed by atoms with Crippen LogP contribution in [0.4, 0.5) is 15.0 Å². The Balaban J connectivity index is 1.99. The number of ether oxygens (including phenoxy) is 1. The molecule has 0 aliphatic carbocycles. The number of anilines is 1. The highest BCUT2D eigenvalue weighted by Crippen LogP contribution is 2.37. The lowest BCUT2D eigenvalue weighted by atomic mass is 10.00. The van der Waals surface area contributed by atoms with Crippen molar-refractivity contribution in [1.29, 1.82) is 5.26 Å². The minimum absolute atomic E-state index is 0.108. The van der Waals surface area contributed by atoms with Gasteiger partial charge in [0, 0.05) is 65.1 Å². The first-order chi connectivity index (χ1) is 15.7. The second kappa shape index (κ2) is 8.78. The van der Waals surface area contributed by atoms with Crippen molar-refractivity contribution in [2.45, 2.75) is 19.6 Å². The van der Waals surface area contributed by atoms with Gasteiger partial charge in [-0.15, -0.1) is 0 Å². The molecular formula is C22H18FIN6O3. The van der Waals surface area contributed by atoms with Gasteiger partial charge >= 0.3 is 0 Å². The van der Waals surface area contributed by atoms with Crippen LogP contribution in [-0.2, 0) is 13.6 Å². The second-order valence-electron chi connectivity index (χ2n) is 7.53. The number of halogens is 2. The highest BCUT2D eigenvalue weighted by atomic mass is 127. The molecule has 0 fully saturated rings. The smallest absolute Gasteiger partial charge is 0.286 e. The quantitative estimate of drug-likeness (QED) is 0.272. The summed E-state index contributed by atoms with van der Waals surface area (Å²) in [6, 6.07) is 7.68. The molecule has 1 aliphatic rings. The van der Waals surface area contributed by atoms with Crippen molar-refractivity contribution in [1.82, 2.24) is 19.7 Å². The van der Waals surface area contributed by atoms with Crippen LogP contribution in [0.15, 0.2) is 30.5 Å². The van der Waals surface area contributed by atoms with E-state index in [2.05, 4.69) is 21.5 Å². The molecule has 1 aliphatic heterocycles. The fraction of sp³-hybridized carbons (Fsp3) is 0.227. The first-order valence-corrected chi connectivity index (χ1v) is 10.9. The SMILES string of the molecule is C[C@H]1Oc2cc(cnc2NC(=O)I)-c2c(nn(C)c2C#N)CN(C)C(=O)c2ccc(F)cc21. The zero-order chi connectivity index (χ0) is 23.9. The normalized spacial score (nSPS) is 15.3. The number of carbonyl (C=O) groups is 2. The van der Waals surface area contributed by atoms with E-state index in [9.17, 15) is 19.2 Å². The molecule has 2 amide bonds. The van der Waals surface area contributed by atoms with Crippen LogP contribution in [0.1, 0.15) is 40.3 Å². The van der Waals surface area contributed by atoms with E-state index in [1.807, 2.05) is 0 Å². The van der Waals surface area contributed by atoms with Crippen LogP contribution < -0.4 is 10.1 Å². The van der Waals surface area contributed by atoms with Gasteiger partial charge in [0.2, 0.25) is 0 Å². The van der Waals surface area contributed by atoms with Gasteiger partial charge in [0.05, 0.1) is 12.2 Å². The largest absolute Gasteiger partial charge is 0.482 e. The molecule has 0 radical (unpaired) electrons. The molecule has 1 N–H and O–H groups in total. The predicted molar refractivity (Wildman–Crippen MR) is 125 cm³/mol. The molecule has 2 bridgehead atoms. The number of nitrogens with zero attached hydrogens (tertiary/aromatic N) is 5. The fourth-order valence-corrected chi connectivity index (χ4v) is 4.06. The van der Waals surface area contributed by atoms with Crippen molar-refractivity contribution in [3.8, 4) is 22.9 Å². The van der Waals surface area contributed by atoms with Crippen molar-refractivity contribution < 1.29 is 18.7 Å². The average Bonchev–Trinajstić information content (AvgIpc) is 3.07.